The van der Waals surface area contributed by atoms with E-state index in [1.807, 2.05) is 30.5 Å². The number of amides is 1. The minimum Gasteiger partial charge on any atom is -0.364 e. The predicted octanol–water partition coefficient (Wildman–Crippen LogP) is 1.72. The topological polar surface area (TPSA) is 84.7 Å². The molecule has 0 saturated carbocycles. The van der Waals surface area contributed by atoms with Gasteiger partial charge in [0.25, 0.3) is 5.91 Å². The van der Waals surface area contributed by atoms with Crippen LogP contribution in [0.4, 0.5) is 0 Å². The second-order valence-corrected chi connectivity index (χ2v) is 3.90. The summed E-state index contributed by atoms with van der Waals surface area (Å²) in [6, 6.07) is 7.72. The molecule has 0 radical (unpaired) electrons. The van der Waals surface area contributed by atoms with Gasteiger partial charge in [0, 0.05) is 35.1 Å². The number of hydrogen-bond donors (Lipinski definition) is 2. The van der Waals surface area contributed by atoms with Crippen molar-refractivity contribution in [3.05, 3.63) is 48.5 Å². The first-order chi connectivity index (χ1) is 8.75. The SMILES string of the molecule is NC(=O)c1nccnc1-c1ccc2[nH]ccc2c1. The third kappa shape index (κ3) is 1.62. The minimum atomic E-state index is -0.577. The molecule has 88 valence electrons. The van der Waals surface area contributed by atoms with Crippen molar-refractivity contribution in [2.75, 3.05) is 0 Å². The van der Waals surface area contributed by atoms with Crippen LogP contribution in [0.1, 0.15) is 10.5 Å². The third-order valence-corrected chi connectivity index (χ3v) is 2.76. The zero-order valence-corrected chi connectivity index (χ0v) is 9.42. The Kier molecular flexibility index (Phi) is 2.30. The first kappa shape index (κ1) is 10.5. The Morgan fingerprint density at radius 1 is 1.17 bits per heavy atom. The Labute approximate surface area is 103 Å². The van der Waals surface area contributed by atoms with E-state index in [9.17, 15) is 4.79 Å². The number of aromatic amines is 1. The first-order valence-corrected chi connectivity index (χ1v) is 5.44. The molecule has 0 aliphatic rings. The number of nitrogens with zero attached hydrogens (tertiary/aromatic N) is 2. The lowest BCUT2D eigenvalue weighted by molar-refractivity contribution is 0.0996. The molecule has 3 N–H and O–H groups in total. The van der Waals surface area contributed by atoms with Gasteiger partial charge in [-0.15, -0.1) is 0 Å². The normalized spacial score (nSPS) is 10.7. The average Bonchev–Trinajstić information content (AvgIpc) is 2.85. The molecular formula is C13H10N4O. The summed E-state index contributed by atoms with van der Waals surface area (Å²) in [5, 5.41) is 1.05. The van der Waals surface area contributed by atoms with Gasteiger partial charge >= 0.3 is 0 Å². The summed E-state index contributed by atoms with van der Waals surface area (Å²) in [4.78, 5) is 22.6. The number of aromatic nitrogens is 3. The van der Waals surface area contributed by atoms with Crippen LogP contribution in [0.15, 0.2) is 42.9 Å². The molecule has 1 amide bonds. The van der Waals surface area contributed by atoms with Gasteiger partial charge in [-0.05, 0) is 18.2 Å². The van der Waals surface area contributed by atoms with Gasteiger partial charge in [-0.25, -0.2) is 4.98 Å². The molecule has 3 rings (SSSR count). The van der Waals surface area contributed by atoms with Gasteiger partial charge in [-0.1, -0.05) is 6.07 Å². The molecule has 0 fully saturated rings. The monoisotopic (exact) mass is 238 g/mol. The number of nitrogens with one attached hydrogen (secondary N) is 1. The van der Waals surface area contributed by atoms with Crippen LogP contribution in [0.2, 0.25) is 0 Å². The number of hydrogen-bond acceptors (Lipinski definition) is 3. The van der Waals surface area contributed by atoms with E-state index in [2.05, 4.69) is 15.0 Å². The summed E-state index contributed by atoms with van der Waals surface area (Å²) >= 11 is 0. The number of fused-ring (bicyclic) bond motifs is 1. The molecule has 0 bridgehead atoms. The quantitative estimate of drug-likeness (QED) is 0.712. The van der Waals surface area contributed by atoms with Gasteiger partial charge in [0.1, 0.15) is 5.69 Å². The van der Waals surface area contributed by atoms with Gasteiger partial charge < -0.3 is 10.7 Å². The smallest absolute Gasteiger partial charge is 0.269 e. The fourth-order valence-electron chi connectivity index (χ4n) is 1.93. The summed E-state index contributed by atoms with van der Waals surface area (Å²) in [5.74, 6) is -0.577. The summed E-state index contributed by atoms with van der Waals surface area (Å²) in [6.07, 6.45) is 4.86. The van der Waals surface area contributed by atoms with Crippen LogP contribution in [0, 0.1) is 0 Å². The molecule has 18 heavy (non-hydrogen) atoms. The van der Waals surface area contributed by atoms with Crippen molar-refractivity contribution < 1.29 is 4.79 Å². The van der Waals surface area contributed by atoms with Crippen LogP contribution in [-0.2, 0) is 0 Å². The van der Waals surface area contributed by atoms with Crippen LogP contribution in [0.25, 0.3) is 22.2 Å². The number of benzene rings is 1. The summed E-state index contributed by atoms with van der Waals surface area (Å²) in [6.45, 7) is 0. The van der Waals surface area contributed by atoms with Crippen molar-refractivity contribution in [1.82, 2.24) is 15.0 Å². The van der Waals surface area contributed by atoms with E-state index in [0.29, 0.717) is 5.69 Å². The molecule has 0 aliphatic carbocycles. The summed E-state index contributed by atoms with van der Waals surface area (Å²) in [5.41, 5.74) is 7.85. The van der Waals surface area contributed by atoms with Crippen molar-refractivity contribution >= 4 is 16.8 Å². The van der Waals surface area contributed by atoms with Gasteiger partial charge in [0.05, 0.1) is 0 Å². The Morgan fingerprint density at radius 2 is 2.00 bits per heavy atom. The molecule has 1 aromatic carbocycles. The number of H-pyrrole nitrogens is 1. The van der Waals surface area contributed by atoms with E-state index < -0.39 is 5.91 Å². The predicted molar refractivity (Wildman–Crippen MR) is 67.8 cm³/mol. The third-order valence-electron chi connectivity index (χ3n) is 2.76. The molecule has 5 heteroatoms. The van der Waals surface area contributed by atoms with E-state index in [-0.39, 0.29) is 5.69 Å². The second kappa shape index (κ2) is 3.96. The maximum Gasteiger partial charge on any atom is 0.269 e. The highest BCUT2D eigenvalue weighted by atomic mass is 16.1. The minimum absolute atomic E-state index is 0.187. The zero-order valence-electron chi connectivity index (χ0n) is 9.42. The number of carbonyl (C=O) groups excluding carboxylic acids is 1. The molecule has 0 aliphatic heterocycles. The zero-order chi connectivity index (χ0) is 12.5. The van der Waals surface area contributed by atoms with Crippen molar-refractivity contribution in [1.29, 1.82) is 0 Å². The molecule has 0 spiro atoms. The highest BCUT2D eigenvalue weighted by Gasteiger charge is 2.12. The Balaban J connectivity index is 2.22. The number of carbonyl (C=O) groups is 1. The van der Waals surface area contributed by atoms with Crippen molar-refractivity contribution in [3.63, 3.8) is 0 Å². The average molecular weight is 238 g/mol. The standard InChI is InChI=1S/C13H10N4O/c14-13(18)12-11(16-5-6-17-12)9-1-2-10-8(7-9)3-4-15-10/h1-7,15H,(H2,14,18). The van der Waals surface area contributed by atoms with Crippen LogP contribution >= 0.6 is 0 Å². The lowest BCUT2D eigenvalue weighted by atomic mass is 10.1. The lowest BCUT2D eigenvalue weighted by Gasteiger charge is -2.04. The molecule has 2 aromatic heterocycles. The number of rotatable bonds is 2. The van der Waals surface area contributed by atoms with Crippen LogP contribution in [0.3, 0.4) is 0 Å². The maximum absolute atomic E-state index is 11.3. The molecule has 0 unspecified atom stereocenters. The van der Waals surface area contributed by atoms with Crippen LogP contribution < -0.4 is 5.73 Å². The van der Waals surface area contributed by atoms with E-state index in [1.54, 1.807) is 6.20 Å². The highest BCUT2D eigenvalue weighted by Crippen LogP contribution is 2.23. The summed E-state index contributed by atoms with van der Waals surface area (Å²) in [7, 11) is 0. The van der Waals surface area contributed by atoms with E-state index >= 15 is 0 Å². The molecular weight excluding hydrogens is 228 g/mol. The molecule has 5 nitrogen and oxygen atoms in total. The van der Waals surface area contributed by atoms with Gasteiger partial charge in [0.15, 0.2) is 5.69 Å². The molecule has 0 atom stereocenters. The van der Waals surface area contributed by atoms with Crippen molar-refractivity contribution in [2.24, 2.45) is 5.73 Å². The Morgan fingerprint density at radius 3 is 2.83 bits per heavy atom. The molecule has 2 heterocycles. The first-order valence-electron chi connectivity index (χ1n) is 5.44. The van der Waals surface area contributed by atoms with Crippen LogP contribution in [0.5, 0.6) is 0 Å². The second-order valence-electron chi connectivity index (χ2n) is 3.90. The fraction of sp³-hybridized carbons (Fsp3) is 0. The van der Waals surface area contributed by atoms with Gasteiger partial charge in [-0.3, -0.25) is 9.78 Å². The Bertz CT molecular complexity index is 732. The van der Waals surface area contributed by atoms with E-state index in [0.717, 1.165) is 16.5 Å². The number of primary amides is 1. The van der Waals surface area contributed by atoms with Crippen molar-refractivity contribution in [2.45, 2.75) is 0 Å². The Hall–Kier alpha value is -2.69. The van der Waals surface area contributed by atoms with Crippen molar-refractivity contribution in [3.8, 4) is 11.3 Å². The number of nitrogens with two attached hydrogens (primary N) is 1. The fourth-order valence-corrected chi connectivity index (χ4v) is 1.93. The summed E-state index contributed by atoms with van der Waals surface area (Å²) < 4.78 is 0. The van der Waals surface area contributed by atoms with Gasteiger partial charge in [-0.2, -0.15) is 0 Å². The largest absolute Gasteiger partial charge is 0.364 e. The van der Waals surface area contributed by atoms with E-state index in [1.165, 1.54) is 6.20 Å². The maximum atomic E-state index is 11.3. The van der Waals surface area contributed by atoms with Crippen LogP contribution in [-0.4, -0.2) is 20.9 Å². The van der Waals surface area contributed by atoms with Gasteiger partial charge in [0.2, 0.25) is 0 Å². The molecule has 0 saturated heterocycles. The lowest BCUT2D eigenvalue weighted by Crippen LogP contribution is -2.15. The molecule has 3 aromatic rings. The highest BCUT2D eigenvalue weighted by molar-refractivity contribution is 5.97. The van der Waals surface area contributed by atoms with E-state index in [4.69, 9.17) is 5.73 Å².